The summed E-state index contributed by atoms with van der Waals surface area (Å²) in [5.41, 5.74) is 4.23. The van der Waals surface area contributed by atoms with Crippen molar-refractivity contribution in [3.63, 3.8) is 0 Å². The molecule has 26 heavy (non-hydrogen) atoms. The van der Waals surface area contributed by atoms with Crippen LogP contribution in [0.1, 0.15) is 22.3 Å². The second kappa shape index (κ2) is 7.22. The standard InChI is InChI=1S/C22H17BrO2S/c1-15-7-9-17(10-8-15)22-21(23)19-12-11-18(13-20(19)26(22)24)25-14-16-5-3-2-4-6-16/h2-13H,14H2,1H3. The highest BCUT2D eigenvalue weighted by molar-refractivity contribution is 9.15. The summed E-state index contributed by atoms with van der Waals surface area (Å²) < 4.78 is 19.9. The molecule has 1 aliphatic rings. The Labute approximate surface area is 164 Å². The van der Waals surface area contributed by atoms with Gasteiger partial charge in [-0.25, -0.2) is 4.21 Å². The molecule has 2 nitrogen and oxygen atoms in total. The number of ether oxygens (including phenoxy) is 1. The van der Waals surface area contributed by atoms with E-state index in [9.17, 15) is 4.21 Å². The first-order valence-corrected chi connectivity index (χ1v) is 10.3. The van der Waals surface area contributed by atoms with Crippen molar-refractivity contribution in [1.29, 1.82) is 0 Å². The van der Waals surface area contributed by atoms with E-state index in [1.807, 2.05) is 79.7 Å². The van der Waals surface area contributed by atoms with Gasteiger partial charge in [0.15, 0.2) is 0 Å². The summed E-state index contributed by atoms with van der Waals surface area (Å²) in [6.45, 7) is 2.54. The summed E-state index contributed by atoms with van der Waals surface area (Å²) in [4.78, 5) is 1.61. The molecule has 0 fully saturated rings. The molecular formula is C22H17BrO2S. The fourth-order valence-corrected chi connectivity index (χ4v) is 5.50. The molecule has 3 aromatic rings. The third-order valence-electron chi connectivity index (χ3n) is 4.34. The van der Waals surface area contributed by atoms with Gasteiger partial charge in [0.1, 0.15) is 12.4 Å². The Morgan fingerprint density at radius 3 is 2.42 bits per heavy atom. The van der Waals surface area contributed by atoms with E-state index in [1.165, 1.54) is 5.56 Å². The summed E-state index contributed by atoms with van der Waals surface area (Å²) in [7, 11) is -1.23. The van der Waals surface area contributed by atoms with Crippen LogP contribution >= 0.6 is 15.9 Å². The molecule has 0 aliphatic carbocycles. The summed E-state index contributed by atoms with van der Waals surface area (Å²) in [6.07, 6.45) is 0. The second-order valence-corrected chi connectivity index (χ2v) is 8.39. The maximum absolute atomic E-state index is 13.1. The molecule has 0 saturated heterocycles. The number of benzene rings is 3. The number of hydrogen-bond acceptors (Lipinski definition) is 2. The maximum Gasteiger partial charge on any atom is 0.121 e. The van der Waals surface area contributed by atoms with Crippen molar-refractivity contribution in [2.75, 3.05) is 0 Å². The van der Waals surface area contributed by atoms with E-state index < -0.39 is 10.8 Å². The minimum Gasteiger partial charge on any atom is -0.489 e. The Morgan fingerprint density at radius 2 is 1.69 bits per heavy atom. The van der Waals surface area contributed by atoms with Crippen LogP contribution in [0.4, 0.5) is 0 Å². The van der Waals surface area contributed by atoms with Gasteiger partial charge in [-0.3, -0.25) is 0 Å². The van der Waals surface area contributed by atoms with Gasteiger partial charge in [-0.05, 0) is 52.2 Å². The van der Waals surface area contributed by atoms with Gasteiger partial charge in [-0.2, -0.15) is 0 Å². The van der Waals surface area contributed by atoms with Gasteiger partial charge in [-0.15, -0.1) is 0 Å². The first kappa shape index (κ1) is 17.3. The summed E-state index contributed by atoms with van der Waals surface area (Å²) in [5, 5.41) is 0. The third-order valence-corrected chi connectivity index (χ3v) is 6.97. The summed E-state index contributed by atoms with van der Waals surface area (Å²) in [5.74, 6) is 0.728. The molecule has 0 amide bonds. The van der Waals surface area contributed by atoms with Crippen LogP contribution in [0.2, 0.25) is 0 Å². The summed E-state index contributed by atoms with van der Waals surface area (Å²) >= 11 is 3.65. The Morgan fingerprint density at radius 1 is 0.962 bits per heavy atom. The summed E-state index contributed by atoms with van der Waals surface area (Å²) in [6, 6.07) is 23.9. The molecule has 1 heterocycles. The van der Waals surface area contributed by atoms with Crippen LogP contribution in [0.15, 0.2) is 77.7 Å². The Kier molecular flexibility index (Phi) is 4.79. The molecule has 4 heteroatoms. The average Bonchev–Trinajstić information content (AvgIpc) is 2.92. The Balaban J connectivity index is 1.60. The van der Waals surface area contributed by atoms with E-state index >= 15 is 0 Å². The van der Waals surface area contributed by atoms with Crippen molar-refractivity contribution in [3.8, 4) is 5.75 Å². The van der Waals surface area contributed by atoms with E-state index in [1.54, 1.807) is 0 Å². The smallest absolute Gasteiger partial charge is 0.121 e. The number of hydrogen-bond donors (Lipinski definition) is 0. The predicted molar refractivity (Wildman–Crippen MR) is 111 cm³/mol. The molecule has 1 aliphatic heterocycles. The molecule has 3 aromatic carbocycles. The first-order chi connectivity index (χ1) is 12.6. The largest absolute Gasteiger partial charge is 0.489 e. The normalized spacial score (nSPS) is 15.8. The van der Waals surface area contributed by atoms with E-state index in [0.29, 0.717) is 6.61 Å². The monoisotopic (exact) mass is 424 g/mol. The fraction of sp³-hybridized carbons (Fsp3) is 0.0909. The van der Waals surface area contributed by atoms with Gasteiger partial charge in [-0.1, -0.05) is 60.2 Å². The molecule has 0 N–H and O–H groups in total. The van der Waals surface area contributed by atoms with E-state index in [4.69, 9.17) is 4.74 Å². The third kappa shape index (κ3) is 3.27. The Bertz CT molecular complexity index is 1010. The molecule has 0 radical (unpaired) electrons. The topological polar surface area (TPSA) is 26.3 Å². The average molecular weight is 425 g/mol. The lowest BCUT2D eigenvalue weighted by atomic mass is 10.1. The van der Waals surface area contributed by atoms with Crippen LogP contribution in [0, 0.1) is 6.92 Å². The van der Waals surface area contributed by atoms with Gasteiger partial charge >= 0.3 is 0 Å². The van der Waals surface area contributed by atoms with Crippen molar-refractivity contribution < 1.29 is 8.95 Å². The van der Waals surface area contributed by atoms with Crippen molar-refractivity contribution >= 4 is 36.1 Å². The highest BCUT2D eigenvalue weighted by atomic mass is 79.9. The number of fused-ring (bicyclic) bond motifs is 1. The van der Waals surface area contributed by atoms with E-state index in [0.717, 1.165) is 36.7 Å². The van der Waals surface area contributed by atoms with E-state index in [2.05, 4.69) is 15.9 Å². The lowest BCUT2D eigenvalue weighted by Crippen LogP contribution is -1.97. The van der Waals surface area contributed by atoms with Crippen LogP contribution in [0.3, 0.4) is 0 Å². The maximum atomic E-state index is 13.1. The minimum atomic E-state index is -1.23. The Hall–Kier alpha value is -2.17. The van der Waals surface area contributed by atoms with Gasteiger partial charge < -0.3 is 4.74 Å². The fourth-order valence-electron chi connectivity index (χ4n) is 2.92. The van der Waals surface area contributed by atoms with Crippen LogP contribution in [0.25, 0.3) is 9.39 Å². The minimum absolute atomic E-state index is 0.492. The number of halogens is 1. The molecule has 0 bridgehead atoms. The molecule has 1 unspecified atom stereocenters. The zero-order valence-corrected chi connectivity index (χ0v) is 16.6. The van der Waals surface area contributed by atoms with Gasteiger partial charge in [0, 0.05) is 10.0 Å². The molecule has 1 atom stereocenters. The van der Waals surface area contributed by atoms with Crippen LogP contribution < -0.4 is 4.74 Å². The molecule has 0 spiro atoms. The van der Waals surface area contributed by atoms with Crippen molar-refractivity contribution in [3.05, 3.63) is 95.1 Å². The van der Waals surface area contributed by atoms with Crippen LogP contribution in [-0.2, 0) is 17.4 Å². The lowest BCUT2D eigenvalue weighted by molar-refractivity contribution is 0.305. The SMILES string of the molecule is Cc1ccc(C2=C(Br)c3ccc(OCc4ccccc4)cc3S2=O)cc1. The van der Waals surface area contributed by atoms with Crippen LogP contribution in [-0.4, -0.2) is 4.21 Å². The second-order valence-electron chi connectivity index (χ2n) is 6.21. The highest BCUT2D eigenvalue weighted by Gasteiger charge is 2.28. The molecule has 4 rings (SSSR count). The quantitative estimate of drug-likeness (QED) is 0.519. The molecule has 130 valence electrons. The molecular weight excluding hydrogens is 408 g/mol. The lowest BCUT2D eigenvalue weighted by Gasteiger charge is -2.08. The van der Waals surface area contributed by atoms with Crippen molar-refractivity contribution in [1.82, 2.24) is 0 Å². The van der Waals surface area contributed by atoms with Crippen LogP contribution in [0.5, 0.6) is 5.75 Å². The molecule has 0 saturated carbocycles. The van der Waals surface area contributed by atoms with E-state index in [-0.39, 0.29) is 0 Å². The highest BCUT2D eigenvalue weighted by Crippen LogP contribution is 2.45. The van der Waals surface area contributed by atoms with Gasteiger partial charge in [0.05, 0.1) is 20.6 Å². The number of aryl methyl sites for hydroxylation is 1. The molecule has 0 aromatic heterocycles. The van der Waals surface area contributed by atoms with Gasteiger partial charge in [0.25, 0.3) is 0 Å². The predicted octanol–water partition coefficient (Wildman–Crippen LogP) is 5.92. The zero-order valence-electron chi connectivity index (χ0n) is 14.2. The zero-order chi connectivity index (χ0) is 18.1. The van der Waals surface area contributed by atoms with Crippen molar-refractivity contribution in [2.45, 2.75) is 18.4 Å². The van der Waals surface area contributed by atoms with Crippen molar-refractivity contribution in [2.24, 2.45) is 0 Å². The first-order valence-electron chi connectivity index (χ1n) is 8.33. The van der Waals surface area contributed by atoms with Gasteiger partial charge in [0.2, 0.25) is 0 Å². The number of rotatable bonds is 4.